The molecule has 1 aliphatic rings. The largest absolute Gasteiger partial charge is 0.338 e. The quantitative estimate of drug-likeness (QED) is 0.724. The molecule has 3 heteroatoms. The second-order valence-corrected chi connectivity index (χ2v) is 4.68. The molecule has 1 aromatic heterocycles. The molecule has 0 N–H and O–H groups in total. The highest BCUT2D eigenvalue weighted by Gasteiger charge is 2.21. The van der Waals surface area contributed by atoms with Crippen LogP contribution in [0.1, 0.15) is 35.8 Å². The minimum absolute atomic E-state index is 0.150. The van der Waals surface area contributed by atoms with E-state index in [9.17, 15) is 4.79 Å². The molecule has 0 radical (unpaired) electrons. The van der Waals surface area contributed by atoms with Crippen molar-refractivity contribution in [2.75, 3.05) is 13.1 Å². The van der Waals surface area contributed by atoms with Crippen molar-refractivity contribution in [3.05, 3.63) is 29.6 Å². The van der Waals surface area contributed by atoms with Gasteiger partial charge in [-0.05, 0) is 37.8 Å². The Labute approximate surface area is 96.5 Å². The fourth-order valence-corrected chi connectivity index (χ4v) is 2.24. The number of piperidine rings is 1. The van der Waals surface area contributed by atoms with Crippen LogP contribution in [0.5, 0.6) is 0 Å². The SMILES string of the molecule is Cc1cc(C(=O)N2CCCC(C)C2)ccn1. The van der Waals surface area contributed by atoms with Gasteiger partial charge in [-0.15, -0.1) is 0 Å². The molecule has 1 atom stereocenters. The molecule has 0 aromatic carbocycles. The molecule has 0 saturated carbocycles. The highest BCUT2D eigenvalue weighted by Crippen LogP contribution is 2.17. The molecule has 16 heavy (non-hydrogen) atoms. The van der Waals surface area contributed by atoms with Gasteiger partial charge >= 0.3 is 0 Å². The molecular formula is C13H18N2O. The standard InChI is InChI=1S/C13H18N2O/c1-10-4-3-7-15(9-10)13(16)12-5-6-14-11(2)8-12/h5-6,8,10H,3-4,7,9H2,1-2H3. The van der Waals surface area contributed by atoms with Crippen LogP contribution in [-0.2, 0) is 0 Å². The van der Waals surface area contributed by atoms with Crippen molar-refractivity contribution < 1.29 is 4.79 Å². The van der Waals surface area contributed by atoms with Gasteiger partial charge in [0.15, 0.2) is 0 Å². The van der Waals surface area contributed by atoms with Gasteiger partial charge < -0.3 is 4.90 Å². The van der Waals surface area contributed by atoms with Crippen molar-refractivity contribution in [2.45, 2.75) is 26.7 Å². The fourth-order valence-electron chi connectivity index (χ4n) is 2.24. The average molecular weight is 218 g/mol. The molecule has 1 aliphatic heterocycles. The topological polar surface area (TPSA) is 33.2 Å². The maximum Gasteiger partial charge on any atom is 0.253 e. The molecule has 1 fully saturated rings. The molecule has 86 valence electrons. The van der Waals surface area contributed by atoms with Crippen LogP contribution >= 0.6 is 0 Å². The van der Waals surface area contributed by atoms with Crippen LogP contribution in [0.4, 0.5) is 0 Å². The van der Waals surface area contributed by atoms with Crippen molar-refractivity contribution in [1.29, 1.82) is 0 Å². The van der Waals surface area contributed by atoms with Crippen LogP contribution in [0.25, 0.3) is 0 Å². The van der Waals surface area contributed by atoms with E-state index in [0.29, 0.717) is 5.92 Å². The number of aryl methyl sites for hydroxylation is 1. The summed E-state index contributed by atoms with van der Waals surface area (Å²) in [5, 5.41) is 0. The summed E-state index contributed by atoms with van der Waals surface area (Å²) in [4.78, 5) is 18.3. The molecular weight excluding hydrogens is 200 g/mol. The number of hydrogen-bond acceptors (Lipinski definition) is 2. The first-order valence-corrected chi connectivity index (χ1v) is 5.89. The van der Waals surface area contributed by atoms with E-state index in [4.69, 9.17) is 0 Å². The highest BCUT2D eigenvalue weighted by atomic mass is 16.2. The minimum atomic E-state index is 0.150. The third-order valence-corrected chi connectivity index (χ3v) is 3.09. The number of aromatic nitrogens is 1. The monoisotopic (exact) mass is 218 g/mol. The zero-order chi connectivity index (χ0) is 11.5. The number of pyridine rings is 1. The summed E-state index contributed by atoms with van der Waals surface area (Å²) in [5.41, 5.74) is 1.66. The van der Waals surface area contributed by atoms with Crippen molar-refractivity contribution in [1.82, 2.24) is 9.88 Å². The molecule has 0 bridgehead atoms. The van der Waals surface area contributed by atoms with Crippen LogP contribution < -0.4 is 0 Å². The number of rotatable bonds is 1. The Bertz CT molecular complexity index is 389. The van der Waals surface area contributed by atoms with Gasteiger partial charge in [0.1, 0.15) is 0 Å². The summed E-state index contributed by atoms with van der Waals surface area (Å²) in [5.74, 6) is 0.776. The van der Waals surface area contributed by atoms with Crippen LogP contribution in [0.3, 0.4) is 0 Å². The van der Waals surface area contributed by atoms with E-state index < -0.39 is 0 Å². The molecule has 0 aliphatic carbocycles. The zero-order valence-electron chi connectivity index (χ0n) is 9.94. The van der Waals surface area contributed by atoms with E-state index in [1.54, 1.807) is 12.3 Å². The minimum Gasteiger partial charge on any atom is -0.338 e. The molecule has 3 nitrogen and oxygen atoms in total. The van der Waals surface area contributed by atoms with Crippen LogP contribution in [0.2, 0.25) is 0 Å². The van der Waals surface area contributed by atoms with Gasteiger partial charge in [-0.3, -0.25) is 9.78 Å². The third kappa shape index (κ3) is 2.40. The normalized spacial score (nSPS) is 20.9. The summed E-state index contributed by atoms with van der Waals surface area (Å²) in [6, 6.07) is 3.66. The van der Waals surface area contributed by atoms with E-state index in [0.717, 1.165) is 30.8 Å². The van der Waals surface area contributed by atoms with Gasteiger partial charge in [0.05, 0.1) is 0 Å². The zero-order valence-corrected chi connectivity index (χ0v) is 9.94. The summed E-state index contributed by atoms with van der Waals surface area (Å²) in [7, 11) is 0. The van der Waals surface area contributed by atoms with Gasteiger partial charge in [0.25, 0.3) is 5.91 Å². The van der Waals surface area contributed by atoms with Crippen molar-refractivity contribution >= 4 is 5.91 Å². The smallest absolute Gasteiger partial charge is 0.253 e. The maximum absolute atomic E-state index is 12.2. The highest BCUT2D eigenvalue weighted by molar-refractivity contribution is 5.94. The number of likely N-dealkylation sites (tertiary alicyclic amines) is 1. The number of nitrogens with zero attached hydrogens (tertiary/aromatic N) is 2. The molecule has 2 rings (SSSR count). The Kier molecular flexibility index (Phi) is 3.22. The summed E-state index contributed by atoms with van der Waals surface area (Å²) >= 11 is 0. The lowest BCUT2D eigenvalue weighted by atomic mass is 9.99. The van der Waals surface area contributed by atoms with E-state index in [1.807, 2.05) is 17.9 Å². The summed E-state index contributed by atoms with van der Waals surface area (Å²) in [6.07, 6.45) is 4.06. The first kappa shape index (κ1) is 11.1. The second-order valence-electron chi connectivity index (χ2n) is 4.68. The Morgan fingerprint density at radius 1 is 1.56 bits per heavy atom. The predicted molar refractivity (Wildman–Crippen MR) is 63.3 cm³/mol. The number of hydrogen-bond donors (Lipinski definition) is 0. The molecule has 2 heterocycles. The number of amides is 1. The Morgan fingerprint density at radius 2 is 2.38 bits per heavy atom. The van der Waals surface area contributed by atoms with E-state index in [2.05, 4.69) is 11.9 Å². The van der Waals surface area contributed by atoms with Gasteiger partial charge in [0, 0.05) is 30.5 Å². The molecule has 1 saturated heterocycles. The summed E-state index contributed by atoms with van der Waals surface area (Å²) in [6.45, 7) is 5.90. The number of carbonyl (C=O) groups is 1. The predicted octanol–water partition coefficient (Wildman–Crippen LogP) is 2.26. The lowest BCUT2D eigenvalue weighted by Gasteiger charge is -2.31. The number of carbonyl (C=O) groups excluding carboxylic acids is 1. The second kappa shape index (κ2) is 4.64. The first-order valence-electron chi connectivity index (χ1n) is 5.89. The first-order chi connectivity index (χ1) is 7.66. The Balaban J connectivity index is 2.12. The van der Waals surface area contributed by atoms with E-state index in [1.165, 1.54) is 6.42 Å². The van der Waals surface area contributed by atoms with Crippen molar-refractivity contribution in [3.63, 3.8) is 0 Å². The van der Waals surface area contributed by atoms with Gasteiger partial charge in [0.2, 0.25) is 0 Å². The third-order valence-electron chi connectivity index (χ3n) is 3.09. The average Bonchev–Trinajstić information content (AvgIpc) is 2.28. The molecule has 0 spiro atoms. The molecule has 1 amide bonds. The van der Waals surface area contributed by atoms with Crippen molar-refractivity contribution in [2.24, 2.45) is 5.92 Å². The fraction of sp³-hybridized carbons (Fsp3) is 0.538. The Hall–Kier alpha value is -1.38. The van der Waals surface area contributed by atoms with Crippen LogP contribution in [0, 0.1) is 12.8 Å². The van der Waals surface area contributed by atoms with Gasteiger partial charge in [-0.25, -0.2) is 0 Å². The lowest BCUT2D eigenvalue weighted by Crippen LogP contribution is -2.39. The van der Waals surface area contributed by atoms with Crippen molar-refractivity contribution in [3.8, 4) is 0 Å². The lowest BCUT2D eigenvalue weighted by molar-refractivity contribution is 0.0683. The van der Waals surface area contributed by atoms with Gasteiger partial charge in [-0.2, -0.15) is 0 Å². The van der Waals surface area contributed by atoms with Crippen LogP contribution in [-0.4, -0.2) is 28.9 Å². The summed E-state index contributed by atoms with van der Waals surface area (Å²) < 4.78 is 0. The maximum atomic E-state index is 12.2. The molecule has 1 aromatic rings. The van der Waals surface area contributed by atoms with Crippen LogP contribution in [0.15, 0.2) is 18.3 Å². The Morgan fingerprint density at radius 3 is 3.06 bits per heavy atom. The molecule has 1 unspecified atom stereocenters. The van der Waals surface area contributed by atoms with E-state index >= 15 is 0 Å². The van der Waals surface area contributed by atoms with E-state index in [-0.39, 0.29) is 5.91 Å². The van der Waals surface area contributed by atoms with Gasteiger partial charge in [-0.1, -0.05) is 6.92 Å².